The molecule has 5 nitrogen and oxygen atoms in total. The molecule has 0 aliphatic rings. The van der Waals surface area contributed by atoms with Gasteiger partial charge in [-0.1, -0.05) is 0 Å². The molecule has 1 aromatic carbocycles. The van der Waals surface area contributed by atoms with E-state index in [4.69, 9.17) is 9.47 Å². The van der Waals surface area contributed by atoms with Gasteiger partial charge in [0.25, 0.3) is 0 Å². The molecule has 6 heteroatoms. The fourth-order valence-corrected chi connectivity index (χ4v) is 2.48. The lowest BCUT2D eigenvalue weighted by atomic mass is 10.1. The number of rotatable bonds is 4. The van der Waals surface area contributed by atoms with Gasteiger partial charge in [0.2, 0.25) is 5.78 Å². The van der Waals surface area contributed by atoms with Gasteiger partial charge in [-0.05, 0) is 34.1 Å². The molecule has 0 unspecified atom stereocenters. The molecule has 0 amide bonds. The molecule has 0 atom stereocenters. The van der Waals surface area contributed by atoms with Gasteiger partial charge in [0.15, 0.2) is 0 Å². The molecule has 0 bridgehead atoms. The van der Waals surface area contributed by atoms with E-state index in [0.717, 1.165) is 0 Å². The highest BCUT2D eigenvalue weighted by molar-refractivity contribution is 9.10. The molecule has 0 spiro atoms. The first-order valence-electron chi connectivity index (χ1n) is 5.53. The van der Waals surface area contributed by atoms with Gasteiger partial charge < -0.3 is 9.47 Å². The smallest absolute Gasteiger partial charge is 0.214 e. The second-order valence-electron chi connectivity index (χ2n) is 3.83. The van der Waals surface area contributed by atoms with Crippen LogP contribution in [-0.2, 0) is 7.05 Å². The average molecular weight is 325 g/mol. The number of hydrogen-bond acceptors (Lipinski definition) is 4. The van der Waals surface area contributed by atoms with Crippen LogP contribution in [0.25, 0.3) is 0 Å². The molecule has 0 saturated carbocycles. The Morgan fingerprint density at radius 3 is 2.53 bits per heavy atom. The fraction of sp³-hybridized carbons (Fsp3) is 0.231. The highest BCUT2D eigenvalue weighted by Crippen LogP contribution is 2.37. The lowest BCUT2D eigenvalue weighted by Crippen LogP contribution is -2.10. The summed E-state index contributed by atoms with van der Waals surface area (Å²) in [6.07, 6.45) is 1.58. The van der Waals surface area contributed by atoms with Crippen molar-refractivity contribution in [1.29, 1.82) is 0 Å². The minimum Gasteiger partial charge on any atom is -0.495 e. The van der Waals surface area contributed by atoms with E-state index in [2.05, 4.69) is 21.0 Å². The summed E-state index contributed by atoms with van der Waals surface area (Å²) in [5.41, 5.74) is 0.953. The summed E-state index contributed by atoms with van der Waals surface area (Å²) >= 11 is 3.38. The lowest BCUT2D eigenvalue weighted by molar-refractivity contribution is 0.102. The third kappa shape index (κ3) is 2.35. The van der Waals surface area contributed by atoms with E-state index in [1.54, 1.807) is 38.6 Å². The van der Waals surface area contributed by atoms with E-state index in [1.807, 2.05) is 0 Å². The van der Waals surface area contributed by atoms with Crippen molar-refractivity contribution in [2.24, 2.45) is 7.05 Å². The van der Waals surface area contributed by atoms with Crippen molar-refractivity contribution in [2.45, 2.75) is 0 Å². The van der Waals surface area contributed by atoms with Crippen LogP contribution in [0.4, 0.5) is 0 Å². The summed E-state index contributed by atoms with van der Waals surface area (Å²) in [7, 11) is 4.79. The Labute approximate surface area is 119 Å². The van der Waals surface area contributed by atoms with Gasteiger partial charge in [-0.2, -0.15) is 5.10 Å². The van der Waals surface area contributed by atoms with Crippen LogP contribution >= 0.6 is 15.9 Å². The molecular formula is C13H13BrN2O3. The molecule has 0 saturated heterocycles. The van der Waals surface area contributed by atoms with Gasteiger partial charge in [0.05, 0.1) is 19.8 Å². The molecule has 2 rings (SSSR count). The Kier molecular flexibility index (Phi) is 3.90. The fourth-order valence-electron chi connectivity index (χ4n) is 1.81. The molecule has 2 aromatic rings. The monoisotopic (exact) mass is 324 g/mol. The standard InChI is InChI=1S/C13H13BrN2O3/c1-16-9(6-7-15-16)12(17)8-4-5-10(18-2)11(14)13(8)19-3/h4-7H,1-3H3. The number of ether oxygens (including phenoxy) is 2. The minimum atomic E-state index is -0.153. The van der Waals surface area contributed by atoms with Crippen LogP contribution in [0.15, 0.2) is 28.9 Å². The maximum atomic E-state index is 12.5. The summed E-state index contributed by atoms with van der Waals surface area (Å²) in [4.78, 5) is 12.5. The topological polar surface area (TPSA) is 53.3 Å². The highest BCUT2D eigenvalue weighted by Gasteiger charge is 2.21. The molecule has 0 aliphatic carbocycles. The van der Waals surface area contributed by atoms with Crippen molar-refractivity contribution in [3.8, 4) is 11.5 Å². The maximum absolute atomic E-state index is 12.5. The maximum Gasteiger partial charge on any atom is 0.214 e. The number of aryl methyl sites for hydroxylation is 1. The number of ketones is 1. The number of benzene rings is 1. The molecule has 1 aromatic heterocycles. The number of carbonyl (C=O) groups excluding carboxylic acids is 1. The second kappa shape index (κ2) is 5.44. The van der Waals surface area contributed by atoms with E-state index in [9.17, 15) is 4.79 Å². The van der Waals surface area contributed by atoms with Gasteiger partial charge in [-0.15, -0.1) is 0 Å². The van der Waals surface area contributed by atoms with Crippen LogP contribution < -0.4 is 9.47 Å². The molecule has 0 radical (unpaired) electrons. The highest BCUT2D eigenvalue weighted by atomic mass is 79.9. The third-order valence-electron chi connectivity index (χ3n) is 2.78. The molecule has 0 aliphatic heterocycles. The van der Waals surface area contributed by atoms with Crippen LogP contribution in [0.1, 0.15) is 16.1 Å². The first-order valence-corrected chi connectivity index (χ1v) is 6.32. The van der Waals surface area contributed by atoms with E-state index < -0.39 is 0 Å². The van der Waals surface area contributed by atoms with Crippen LogP contribution in [0.5, 0.6) is 11.5 Å². The largest absolute Gasteiger partial charge is 0.495 e. The number of hydrogen-bond donors (Lipinski definition) is 0. The number of aromatic nitrogens is 2. The van der Waals surface area contributed by atoms with Crippen molar-refractivity contribution >= 4 is 21.7 Å². The Morgan fingerprint density at radius 1 is 1.26 bits per heavy atom. The first kappa shape index (κ1) is 13.6. The van der Waals surface area contributed by atoms with Gasteiger partial charge in [0, 0.05) is 13.2 Å². The van der Waals surface area contributed by atoms with Gasteiger partial charge in [0.1, 0.15) is 21.7 Å². The van der Waals surface area contributed by atoms with Gasteiger partial charge in [-0.25, -0.2) is 0 Å². The number of carbonyl (C=O) groups is 1. The Balaban J connectivity index is 2.54. The molecule has 1 heterocycles. The normalized spacial score (nSPS) is 10.3. The number of halogens is 1. The Hall–Kier alpha value is -1.82. The van der Waals surface area contributed by atoms with Gasteiger partial charge in [-0.3, -0.25) is 9.48 Å². The lowest BCUT2D eigenvalue weighted by Gasteiger charge is -2.12. The zero-order valence-electron chi connectivity index (χ0n) is 10.8. The van der Waals surface area contributed by atoms with E-state index in [-0.39, 0.29) is 5.78 Å². The van der Waals surface area contributed by atoms with Crippen LogP contribution in [0, 0.1) is 0 Å². The Bertz CT molecular complexity index is 622. The first-order chi connectivity index (χ1) is 9.10. The van der Waals surface area contributed by atoms with E-state index in [0.29, 0.717) is 27.2 Å². The van der Waals surface area contributed by atoms with Crippen molar-refractivity contribution < 1.29 is 14.3 Å². The van der Waals surface area contributed by atoms with Gasteiger partial charge >= 0.3 is 0 Å². The molecule has 0 N–H and O–H groups in total. The summed E-state index contributed by atoms with van der Waals surface area (Å²) in [5.74, 6) is 0.907. The minimum absolute atomic E-state index is 0.153. The van der Waals surface area contributed by atoms with Crippen LogP contribution in [-0.4, -0.2) is 29.8 Å². The predicted octanol–water partition coefficient (Wildman–Crippen LogP) is 2.43. The molecule has 100 valence electrons. The van der Waals surface area contributed by atoms with Crippen molar-refractivity contribution in [2.75, 3.05) is 14.2 Å². The van der Waals surface area contributed by atoms with Crippen molar-refractivity contribution in [3.05, 3.63) is 40.1 Å². The molecular weight excluding hydrogens is 312 g/mol. The SMILES string of the molecule is COc1ccc(C(=O)c2ccnn2C)c(OC)c1Br. The third-order valence-corrected chi connectivity index (χ3v) is 3.53. The zero-order valence-corrected chi connectivity index (χ0v) is 12.4. The predicted molar refractivity (Wildman–Crippen MR) is 73.9 cm³/mol. The summed E-state index contributed by atoms with van der Waals surface area (Å²) in [5, 5.41) is 3.99. The summed E-state index contributed by atoms with van der Waals surface area (Å²) in [6, 6.07) is 5.06. The summed E-state index contributed by atoms with van der Waals surface area (Å²) in [6.45, 7) is 0. The average Bonchev–Trinajstić information content (AvgIpc) is 2.83. The van der Waals surface area contributed by atoms with E-state index >= 15 is 0 Å². The van der Waals surface area contributed by atoms with Crippen molar-refractivity contribution in [3.63, 3.8) is 0 Å². The second-order valence-corrected chi connectivity index (χ2v) is 4.62. The van der Waals surface area contributed by atoms with Crippen LogP contribution in [0.2, 0.25) is 0 Å². The van der Waals surface area contributed by atoms with Crippen LogP contribution in [0.3, 0.4) is 0 Å². The molecule has 0 fully saturated rings. The Morgan fingerprint density at radius 2 is 2.00 bits per heavy atom. The van der Waals surface area contributed by atoms with Crippen molar-refractivity contribution in [1.82, 2.24) is 9.78 Å². The quantitative estimate of drug-likeness (QED) is 0.810. The summed E-state index contributed by atoms with van der Waals surface area (Å²) < 4.78 is 12.6. The van der Waals surface area contributed by atoms with E-state index in [1.165, 1.54) is 11.8 Å². The zero-order chi connectivity index (χ0) is 14.0. The number of methoxy groups -OCH3 is 2. The molecule has 19 heavy (non-hydrogen) atoms. The number of nitrogens with zero attached hydrogens (tertiary/aromatic N) is 2.